The van der Waals surface area contributed by atoms with E-state index in [0.717, 1.165) is 53.7 Å². The Morgan fingerprint density at radius 2 is 1.96 bits per heavy atom. The highest BCUT2D eigenvalue weighted by Crippen LogP contribution is 2.22. The minimum absolute atomic E-state index is 0.355. The van der Waals surface area contributed by atoms with Crippen LogP contribution in [0.5, 0.6) is 0 Å². The van der Waals surface area contributed by atoms with E-state index >= 15 is 0 Å². The zero-order valence-electron chi connectivity index (χ0n) is 13.6. The third-order valence-electron chi connectivity index (χ3n) is 4.19. The normalized spacial score (nSPS) is 14.5. The largest absolute Gasteiger partial charge is 0.336 e. The highest BCUT2D eigenvalue weighted by molar-refractivity contribution is 5.70. The van der Waals surface area contributed by atoms with Crippen LogP contribution >= 0.6 is 0 Å². The second-order valence-corrected chi connectivity index (χ2v) is 6.26. The summed E-state index contributed by atoms with van der Waals surface area (Å²) in [4.78, 5) is 24.7. The van der Waals surface area contributed by atoms with Gasteiger partial charge in [-0.1, -0.05) is 13.8 Å². The van der Waals surface area contributed by atoms with E-state index in [4.69, 9.17) is 4.98 Å². The van der Waals surface area contributed by atoms with E-state index < -0.39 is 0 Å². The number of nitrogens with zero attached hydrogens (tertiary/aromatic N) is 7. The highest BCUT2D eigenvalue weighted by Gasteiger charge is 2.21. The fraction of sp³-hybridized carbons (Fsp3) is 0.438. The Balaban J connectivity index is 1.65. The molecule has 0 unspecified atom stereocenters. The van der Waals surface area contributed by atoms with Gasteiger partial charge in [0.2, 0.25) is 5.95 Å². The van der Waals surface area contributed by atoms with Crippen molar-refractivity contribution in [3.8, 4) is 0 Å². The maximum absolute atomic E-state index is 4.70. The van der Waals surface area contributed by atoms with E-state index in [1.165, 1.54) is 0 Å². The molecule has 0 saturated heterocycles. The average Bonchev–Trinajstić information content (AvgIpc) is 2.94. The molecule has 3 aromatic heterocycles. The number of aromatic nitrogens is 6. The van der Waals surface area contributed by atoms with Crippen LogP contribution in [0.2, 0.25) is 0 Å². The van der Waals surface area contributed by atoms with Gasteiger partial charge in [-0.3, -0.25) is 0 Å². The number of fused-ring (bicyclic) bond motifs is 2. The van der Waals surface area contributed by atoms with Crippen molar-refractivity contribution >= 4 is 17.1 Å². The van der Waals surface area contributed by atoms with Crippen LogP contribution in [0.25, 0.3) is 11.2 Å². The van der Waals surface area contributed by atoms with Crippen molar-refractivity contribution in [3.05, 3.63) is 35.8 Å². The molecular weight excluding hydrogens is 290 g/mol. The Labute approximate surface area is 134 Å². The lowest BCUT2D eigenvalue weighted by Crippen LogP contribution is -2.32. The summed E-state index contributed by atoms with van der Waals surface area (Å²) in [7, 11) is 1.94. The molecular formula is C16H19N7. The molecule has 7 heteroatoms. The van der Waals surface area contributed by atoms with E-state index in [1.54, 1.807) is 12.5 Å². The predicted octanol–water partition coefficient (Wildman–Crippen LogP) is 1.84. The van der Waals surface area contributed by atoms with Crippen molar-refractivity contribution in [2.75, 3.05) is 11.4 Å². The average molecular weight is 309 g/mol. The quantitative estimate of drug-likeness (QED) is 0.719. The highest BCUT2D eigenvalue weighted by atomic mass is 15.3. The SMILES string of the molecule is CC(C)c1ncc2c(n1)CCN(c1ncc3ncn(C)c3n1)C2. The van der Waals surface area contributed by atoms with Crippen LogP contribution < -0.4 is 4.90 Å². The van der Waals surface area contributed by atoms with Gasteiger partial charge >= 0.3 is 0 Å². The van der Waals surface area contributed by atoms with Crippen molar-refractivity contribution in [2.24, 2.45) is 7.05 Å². The lowest BCUT2D eigenvalue weighted by Gasteiger charge is -2.28. The fourth-order valence-corrected chi connectivity index (χ4v) is 2.84. The molecule has 4 rings (SSSR count). The lowest BCUT2D eigenvalue weighted by atomic mass is 10.1. The van der Waals surface area contributed by atoms with Crippen molar-refractivity contribution in [1.82, 2.24) is 29.5 Å². The van der Waals surface area contributed by atoms with Gasteiger partial charge in [0.05, 0.1) is 18.2 Å². The second-order valence-electron chi connectivity index (χ2n) is 6.26. The molecule has 7 nitrogen and oxygen atoms in total. The van der Waals surface area contributed by atoms with Crippen molar-refractivity contribution < 1.29 is 0 Å². The summed E-state index contributed by atoms with van der Waals surface area (Å²) in [6, 6.07) is 0. The standard InChI is InChI=1S/C16H19N7/c1-10(2)14-17-6-11-8-23(5-4-12(11)20-14)16-18-7-13-15(21-16)22(3)9-19-13/h6-7,9-10H,4-5,8H2,1-3H3. The number of anilines is 1. The molecule has 0 spiro atoms. The molecule has 0 amide bonds. The molecule has 0 radical (unpaired) electrons. The molecule has 0 atom stereocenters. The number of hydrogen-bond donors (Lipinski definition) is 0. The van der Waals surface area contributed by atoms with Gasteiger partial charge in [-0.2, -0.15) is 4.98 Å². The first-order valence-corrected chi connectivity index (χ1v) is 7.85. The van der Waals surface area contributed by atoms with Crippen LogP contribution in [-0.4, -0.2) is 36.0 Å². The first-order chi connectivity index (χ1) is 11.1. The van der Waals surface area contributed by atoms with Gasteiger partial charge in [0.15, 0.2) is 5.65 Å². The topological polar surface area (TPSA) is 72.6 Å². The van der Waals surface area contributed by atoms with Crippen LogP contribution in [0.1, 0.15) is 36.8 Å². The maximum atomic E-state index is 4.70. The zero-order valence-corrected chi connectivity index (χ0v) is 13.6. The van der Waals surface area contributed by atoms with Gasteiger partial charge in [0, 0.05) is 44.2 Å². The van der Waals surface area contributed by atoms with Gasteiger partial charge in [-0.25, -0.2) is 19.9 Å². The molecule has 0 aromatic carbocycles. The van der Waals surface area contributed by atoms with Gasteiger partial charge < -0.3 is 9.47 Å². The maximum Gasteiger partial charge on any atom is 0.227 e. The van der Waals surface area contributed by atoms with Crippen LogP contribution in [0.15, 0.2) is 18.7 Å². The Kier molecular flexibility index (Phi) is 3.21. The zero-order chi connectivity index (χ0) is 16.0. The smallest absolute Gasteiger partial charge is 0.227 e. The van der Waals surface area contributed by atoms with Crippen LogP contribution in [0.3, 0.4) is 0 Å². The Bertz CT molecular complexity index is 868. The molecule has 0 saturated carbocycles. The minimum atomic E-state index is 0.355. The Morgan fingerprint density at radius 1 is 1.09 bits per heavy atom. The number of hydrogen-bond acceptors (Lipinski definition) is 6. The Morgan fingerprint density at radius 3 is 2.78 bits per heavy atom. The second kappa shape index (κ2) is 5.26. The molecule has 23 heavy (non-hydrogen) atoms. The first kappa shape index (κ1) is 14.0. The van der Waals surface area contributed by atoms with E-state index in [0.29, 0.717) is 5.92 Å². The van der Waals surface area contributed by atoms with Crippen molar-refractivity contribution in [3.63, 3.8) is 0 Å². The van der Waals surface area contributed by atoms with Crippen molar-refractivity contribution in [2.45, 2.75) is 32.7 Å². The van der Waals surface area contributed by atoms with Gasteiger partial charge in [-0.05, 0) is 0 Å². The molecule has 118 valence electrons. The third-order valence-corrected chi connectivity index (χ3v) is 4.19. The molecule has 4 heterocycles. The van der Waals surface area contributed by atoms with Gasteiger partial charge in [0.1, 0.15) is 11.3 Å². The van der Waals surface area contributed by atoms with Crippen LogP contribution in [0.4, 0.5) is 5.95 Å². The molecule has 0 aliphatic carbocycles. The molecule has 0 N–H and O–H groups in total. The summed E-state index contributed by atoms with van der Waals surface area (Å²) in [5.74, 6) is 2.01. The number of aryl methyl sites for hydroxylation is 1. The number of rotatable bonds is 2. The van der Waals surface area contributed by atoms with E-state index in [-0.39, 0.29) is 0 Å². The molecule has 0 fully saturated rings. The summed E-state index contributed by atoms with van der Waals surface area (Å²) in [5, 5.41) is 0. The summed E-state index contributed by atoms with van der Waals surface area (Å²) in [6.45, 7) is 5.85. The monoisotopic (exact) mass is 309 g/mol. The van der Waals surface area contributed by atoms with Crippen LogP contribution in [0, 0.1) is 0 Å². The van der Waals surface area contributed by atoms with E-state index in [2.05, 4.69) is 38.7 Å². The summed E-state index contributed by atoms with van der Waals surface area (Å²) in [6.07, 6.45) is 6.39. The summed E-state index contributed by atoms with van der Waals surface area (Å²) >= 11 is 0. The minimum Gasteiger partial charge on any atom is -0.336 e. The van der Waals surface area contributed by atoms with Crippen molar-refractivity contribution in [1.29, 1.82) is 0 Å². The van der Waals surface area contributed by atoms with Crippen LogP contribution in [-0.2, 0) is 20.0 Å². The van der Waals surface area contributed by atoms with Gasteiger partial charge in [-0.15, -0.1) is 0 Å². The summed E-state index contributed by atoms with van der Waals surface area (Å²) in [5.41, 5.74) is 3.99. The molecule has 3 aromatic rings. The Hall–Kier alpha value is -2.57. The molecule has 1 aliphatic heterocycles. The first-order valence-electron chi connectivity index (χ1n) is 7.85. The summed E-state index contributed by atoms with van der Waals surface area (Å²) < 4.78 is 1.91. The molecule has 1 aliphatic rings. The van der Waals surface area contributed by atoms with E-state index in [1.807, 2.05) is 17.8 Å². The fourth-order valence-electron chi connectivity index (χ4n) is 2.84. The van der Waals surface area contributed by atoms with Gasteiger partial charge in [0.25, 0.3) is 0 Å². The number of imidazole rings is 1. The lowest BCUT2D eigenvalue weighted by molar-refractivity contribution is 0.664. The predicted molar refractivity (Wildman–Crippen MR) is 87.2 cm³/mol. The third kappa shape index (κ3) is 2.42. The molecule has 0 bridgehead atoms. The van der Waals surface area contributed by atoms with E-state index in [9.17, 15) is 0 Å².